The molecule has 0 spiro atoms. The van der Waals surface area contributed by atoms with Crippen LogP contribution in [0.1, 0.15) is 40.5 Å². The number of hydrogen-bond acceptors (Lipinski definition) is 6. The van der Waals surface area contributed by atoms with Gasteiger partial charge in [0.25, 0.3) is 8.32 Å². The second kappa shape index (κ2) is 13.0. The highest BCUT2D eigenvalue weighted by Gasteiger charge is 2.38. The molecule has 0 saturated heterocycles. The summed E-state index contributed by atoms with van der Waals surface area (Å²) in [5, 5.41) is 3.16. The minimum absolute atomic E-state index is 0.128. The van der Waals surface area contributed by atoms with Gasteiger partial charge in [-0.1, -0.05) is 27.7 Å². The van der Waals surface area contributed by atoms with E-state index in [1.807, 2.05) is 0 Å². The van der Waals surface area contributed by atoms with E-state index in [0.29, 0.717) is 13.2 Å². The Hall–Kier alpha value is -0.256. The van der Waals surface area contributed by atoms with E-state index >= 15 is 0 Å². The Morgan fingerprint density at radius 1 is 1.00 bits per heavy atom. The maximum atomic E-state index is 12.0. The summed E-state index contributed by atoms with van der Waals surface area (Å²) in [5.41, 5.74) is 0. The summed E-state index contributed by atoms with van der Waals surface area (Å²) < 4.78 is 22.6. The lowest BCUT2D eigenvalue weighted by molar-refractivity contribution is -0.134. The van der Waals surface area contributed by atoms with Gasteiger partial charge in [-0.15, -0.1) is 0 Å². The first kappa shape index (κ1) is 23.7. The molecule has 0 bridgehead atoms. The number of carbonyl (C=O) groups excluding carboxylic acids is 1. The highest BCUT2D eigenvalue weighted by molar-refractivity contribution is 6.74. The SMILES string of the molecule is CCCO[Si](CCCNCC(=O)O[Si](CC)(CC)CC)(OC)OC. The first-order valence-electron chi connectivity index (χ1n) is 9.13. The summed E-state index contributed by atoms with van der Waals surface area (Å²) in [6, 6.07) is 3.68. The lowest BCUT2D eigenvalue weighted by Crippen LogP contribution is -2.44. The number of carbonyl (C=O) groups is 1. The van der Waals surface area contributed by atoms with Gasteiger partial charge in [0.05, 0.1) is 6.54 Å². The zero-order valence-corrected chi connectivity index (χ0v) is 18.4. The van der Waals surface area contributed by atoms with Gasteiger partial charge in [-0.3, -0.25) is 4.79 Å². The van der Waals surface area contributed by atoms with Gasteiger partial charge in [-0.2, -0.15) is 0 Å². The number of rotatable bonds is 15. The molecule has 0 fully saturated rings. The quantitative estimate of drug-likeness (QED) is 0.348. The zero-order valence-electron chi connectivity index (χ0n) is 16.4. The molecular weight excluding hydrogens is 342 g/mol. The monoisotopic (exact) mass is 379 g/mol. The summed E-state index contributed by atoms with van der Waals surface area (Å²) in [7, 11) is -1.12. The molecule has 0 aliphatic heterocycles. The average molecular weight is 380 g/mol. The van der Waals surface area contributed by atoms with Gasteiger partial charge in [0.1, 0.15) is 0 Å². The molecule has 0 unspecified atom stereocenters. The van der Waals surface area contributed by atoms with Gasteiger partial charge in [0.15, 0.2) is 0 Å². The van der Waals surface area contributed by atoms with Crippen LogP contribution in [-0.2, 0) is 22.5 Å². The molecule has 0 heterocycles. The Morgan fingerprint density at radius 3 is 2.04 bits per heavy atom. The third-order valence-electron chi connectivity index (χ3n) is 4.52. The molecule has 144 valence electrons. The second-order valence-electron chi connectivity index (χ2n) is 5.94. The van der Waals surface area contributed by atoms with E-state index in [0.717, 1.165) is 37.0 Å². The summed E-state index contributed by atoms with van der Waals surface area (Å²) in [6.07, 6.45) is 1.77. The van der Waals surface area contributed by atoms with Crippen molar-refractivity contribution in [2.75, 3.05) is 33.9 Å². The van der Waals surface area contributed by atoms with Crippen LogP contribution in [0.3, 0.4) is 0 Å². The topological polar surface area (TPSA) is 66.0 Å². The molecule has 1 N–H and O–H groups in total. The van der Waals surface area contributed by atoms with Gasteiger partial charge < -0.3 is 23.0 Å². The summed E-state index contributed by atoms with van der Waals surface area (Å²) >= 11 is 0. The van der Waals surface area contributed by atoms with Crippen molar-refractivity contribution in [2.24, 2.45) is 0 Å². The summed E-state index contributed by atoms with van der Waals surface area (Å²) in [4.78, 5) is 12.0. The third kappa shape index (κ3) is 8.22. The van der Waals surface area contributed by atoms with Crippen LogP contribution in [0.2, 0.25) is 24.2 Å². The van der Waals surface area contributed by atoms with Gasteiger partial charge >= 0.3 is 14.8 Å². The molecule has 24 heavy (non-hydrogen) atoms. The fourth-order valence-electron chi connectivity index (χ4n) is 2.60. The van der Waals surface area contributed by atoms with E-state index in [4.69, 9.17) is 17.7 Å². The van der Waals surface area contributed by atoms with Crippen LogP contribution in [0.5, 0.6) is 0 Å². The van der Waals surface area contributed by atoms with Crippen LogP contribution >= 0.6 is 0 Å². The van der Waals surface area contributed by atoms with E-state index in [9.17, 15) is 4.79 Å². The van der Waals surface area contributed by atoms with Gasteiger partial charge in [-0.25, -0.2) is 0 Å². The molecule has 6 nitrogen and oxygen atoms in total. The predicted molar refractivity (Wildman–Crippen MR) is 102 cm³/mol. The average Bonchev–Trinajstić information content (AvgIpc) is 2.62. The van der Waals surface area contributed by atoms with Gasteiger partial charge in [0, 0.05) is 26.9 Å². The van der Waals surface area contributed by atoms with Crippen LogP contribution in [-0.4, -0.2) is 57.0 Å². The molecule has 0 aromatic carbocycles. The Bertz CT molecular complexity index is 328. The number of hydrogen-bond donors (Lipinski definition) is 1. The minimum atomic E-state index is -2.55. The predicted octanol–water partition coefficient (Wildman–Crippen LogP) is 3.17. The van der Waals surface area contributed by atoms with Crippen molar-refractivity contribution in [1.29, 1.82) is 0 Å². The summed E-state index contributed by atoms with van der Waals surface area (Å²) in [5.74, 6) is -0.128. The van der Waals surface area contributed by atoms with Crippen molar-refractivity contribution < 1.29 is 22.5 Å². The Kier molecular flexibility index (Phi) is 12.9. The van der Waals surface area contributed by atoms with Crippen molar-refractivity contribution in [1.82, 2.24) is 5.32 Å². The number of nitrogens with one attached hydrogen (secondary N) is 1. The molecule has 0 aromatic heterocycles. The third-order valence-corrected chi connectivity index (χ3v) is 11.9. The maximum absolute atomic E-state index is 12.0. The largest absolute Gasteiger partial charge is 0.518 e. The zero-order chi connectivity index (χ0) is 18.5. The van der Waals surface area contributed by atoms with Crippen molar-refractivity contribution in [3.8, 4) is 0 Å². The second-order valence-corrected chi connectivity index (χ2v) is 13.6. The van der Waals surface area contributed by atoms with E-state index in [1.165, 1.54) is 0 Å². The molecule has 0 aromatic rings. The van der Waals surface area contributed by atoms with Gasteiger partial charge in [0.2, 0.25) is 0 Å². The lowest BCUT2D eigenvalue weighted by atomic mass is 10.5. The van der Waals surface area contributed by atoms with Crippen LogP contribution in [0, 0.1) is 0 Å². The normalized spacial score (nSPS) is 12.4. The van der Waals surface area contributed by atoms with Crippen molar-refractivity contribution in [3.63, 3.8) is 0 Å². The van der Waals surface area contributed by atoms with E-state index in [2.05, 4.69) is 33.0 Å². The van der Waals surface area contributed by atoms with Crippen molar-refractivity contribution in [3.05, 3.63) is 0 Å². The molecule has 8 heteroatoms. The molecule has 0 aliphatic rings. The van der Waals surface area contributed by atoms with Crippen LogP contribution in [0.25, 0.3) is 0 Å². The molecular formula is C16H37NO5Si2. The van der Waals surface area contributed by atoms with E-state index < -0.39 is 17.1 Å². The van der Waals surface area contributed by atoms with Gasteiger partial charge in [-0.05, 0) is 37.5 Å². The van der Waals surface area contributed by atoms with Crippen molar-refractivity contribution >= 4 is 23.1 Å². The lowest BCUT2D eigenvalue weighted by Gasteiger charge is -2.27. The van der Waals surface area contributed by atoms with Crippen molar-refractivity contribution in [2.45, 2.75) is 64.7 Å². The smallest absolute Gasteiger partial charge is 0.500 e. The highest BCUT2D eigenvalue weighted by atomic mass is 28.4. The first-order chi connectivity index (χ1) is 11.5. The molecule has 0 saturated carbocycles. The first-order valence-corrected chi connectivity index (χ1v) is 13.6. The fraction of sp³-hybridized carbons (Fsp3) is 0.938. The highest BCUT2D eigenvalue weighted by Crippen LogP contribution is 2.21. The molecule has 0 rings (SSSR count). The molecule has 0 aliphatic carbocycles. The maximum Gasteiger partial charge on any atom is 0.500 e. The Labute approximate surface area is 150 Å². The summed E-state index contributed by atoms with van der Waals surface area (Å²) in [6.45, 7) is 10.0. The van der Waals surface area contributed by atoms with E-state index in [-0.39, 0.29) is 12.5 Å². The Balaban J connectivity index is 4.13. The van der Waals surface area contributed by atoms with E-state index in [1.54, 1.807) is 14.2 Å². The Morgan fingerprint density at radius 2 is 1.58 bits per heavy atom. The van der Waals surface area contributed by atoms with Crippen LogP contribution in [0.4, 0.5) is 0 Å². The fourth-order valence-corrected chi connectivity index (χ4v) is 7.17. The van der Waals surface area contributed by atoms with Crippen LogP contribution in [0.15, 0.2) is 0 Å². The molecule has 0 atom stereocenters. The molecule has 0 radical (unpaired) electrons. The standard InChI is InChI=1S/C16H37NO5Si2/c1-7-13-21-24(19-5,20-6)14-11-12-17-15-16(18)22-23(8-2,9-3)10-4/h17H,7-15H2,1-6H3. The minimum Gasteiger partial charge on any atom is -0.518 e. The molecule has 0 amide bonds. The van der Waals surface area contributed by atoms with Crippen LogP contribution < -0.4 is 5.32 Å².